The van der Waals surface area contributed by atoms with Gasteiger partial charge < -0.3 is 10.6 Å². The van der Waals surface area contributed by atoms with Crippen molar-refractivity contribution in [3.05, 3.63) is 35.4 Å². The van der Waals surface area contributed by atoms with E-state index in [0.717, 1.165) is 37.8 Å². The molecule has 0 saturated heterocycles. The van der Waals surface area contributed by atoms with Gasteiger partial charge in [0.25, 0.3) is 0 Å². The van der Waals surface area contributed by atoms with Crippen molar-refractivity contribution in [3.63, 3.8) is 0 Å². The first-order valence-electron chi connectivity index (χ1n) is 7.51. The molecule has 0 heterocycles. The number of nitrogens with two attached hydrogens (primary N) is 1. The Morgan fingerprint density at radius 2 is 2.00 bits per heavy atom. The summed E-state index contributed by atoms with van der Waals surface area (Å²) in [6, 6.07) is 3.65. The zero-order valence-corrected chi connectivity index (χ0v) is 12.3. The third-order valence-corrected chi connectivity index (χ3v) is 4.19. The van der Waals surface area contributed by atoms with Crippen molar-refractivity contribution in [2.45, 2.75) is 45.2 Å². The van der Waals surface area contributed by atoms with E-state index in [1.54, 1.807) is 4.90 Å². The molecule has 0 aromatic heterocycles. The molecule has 2 atom stereocenters. The monoisotopic (exact) mass is 296 g/mol. The van der Waals surface area contributed by atoms with Crippen molar-refractivity contribution >= 4 is 5.91 Å². The molecule has 0 spiro atoms. The zero-order valence-electron chi connectivity index (χ0n) is 12.3. The molecule has 1 fully saturated rings. The SMILES string of the molecule is CCN(Cc1ccc(F)c(F)c1)C(=O)C1CCCCC1N. The van der Waals surface area contributed by atoms with Gasteiger partial charge in [-0.05, 0) is 37.5 Å². The highest BCUT2D eigenvalue weighted by Gasteiger charge is 2.31. The lowest BCUT2D eigenvalue weighted by molar-refractivity contribution is -0.137. The molecule has 1 aliphatic carbocycles. The van der Waals surface area contributed by atoms with Crippen LogP contribution in [0.15, 0.2) is 18.2 Å². The van der Waals surface area contributed by atoms with E-state index in [2.05, 4.69) is 0 Å². The van der Waals surface area contributed by atoms with Crippen molar-refractivity contribution in [2.24, 2.45) is 11.7 Å². The van der Waals surface area contributed by atoms with Crippen LogP contribution in [0.4, 0.5) is 8.78 Å². The van der Waals surface area contributed by atoms with Crippen molar-refractivity contribution in [2.75, 3.05) is 6.54 Å². The molecule has 1 aliphatic rings. The Hall–Kier alpha value is -1.49. The van der Waals surface area contributed by atoms with Gasteiger partial charge in [-0.25, -0.2) is 8.78 Å². The average molecular weight is 296 g/mol. The second-order valence-electron chi connectivity index (χ2n) is 5.66. The largest absolute Gasteiger partial charge is 0.338 e. The first-order chi connectivity index (χ1) is 10.0. The molecule has 1 aromatic rings. The highest BCUT2D eigenvalue weighted by molar-refractivity contribution is 5.79. The predicted molar refractivity (Wildman–Crippen MR) is 77.4 cm³/mol. The van der Waals surface area contributed by atoms with Crippen LogP contribution in [0.1, 0.15) is 38.2 Å². The lowest BCUT2D eigenvalue weighted by Crippen LogP contribution is -2.45. The van der Waals surface area contributed by atoms with Crippen LogP contribution in [0.25, 0.3) is 0 Å². The standard InChI is InChI=1S/C16H22F2N2O/c1-2-20(10-11-7-8-13(17)14(18)9-11)16(21)12-5-3-4-6-15(12)19/h7-9,12,15H,2-6,10,19H2,1H3. The lowest BCUT2D eigenvalue weighted by atomic mass is 9.84. The summed E-state index contributed by atoms with van der Waals surface area (Å²) in [5.41, 5.74) is 6.64. The van der Waals surface area contributed by atoms with Crippen molar-refractivity contribution < 1.29 is 13.6 Å². The molecule has 1 amide bonds. The van der Waals surface area contributed by atoms with E-state index < -0.39 is 11.6 Å². The first kappa shape index (κ1) is 15.9. The zero-order chi connectivity index (χ0) is 15.4. The first-order valence-corrected chi connectivity index (χ1v) is 7.51. The van der Waals surface area contributed by atoms with Crippen LogP contribution in [-0.2, 0) is 11.3 Å². The molecular formula is C16H22F2N2O. The van der Waals surface area contributed by atoms with Gasteiger partial charge in [-0.3, -0.25) is 4.79 Å². The quantitative estimate of drug-likeness (QED) is 0.928. The molecule has 0 aliphatic heterocycles. The third-order valence-electron chi connectivity index (χ3n) is 4.19. The number of amides is 1. The molecule has 1 aromatic carbocycles. The second kappa shape index (κ2) is 6.98. The average Bonchev–Trinajstić information content (AvgIpc) is 2.48. The van der Waals surface area contributed by atoms with E-state index in [1.807, 2.05) is 6.92 Å². The molecule has 0 bridgehead atoms. The molecule has 116 valence electrons. The minimum atomic E-state index is -0.884. The summed E-state index contributed by atoms with van der Waals surface area (Å²) in [4.78, 5) is 14.2. The van der Waals surface area contributed by atoms with Crippen LogP contribution < -0.4 is 5.73 Å². The van der Waals surface area contributed by atoms with Crippen molar-refractivity contribution in [3.8, 4) is 0 Å². The van der Waals surface area contributed by atoms with E-state index in [-0.39, 0.29) is 24.4 Å². The van der Waals surface area contributed by atoms with Gasteiger partial charge in [0, 0.05) is 19.1 Å². The van der Waals surface area contributed by atoms with Gasteiger partial charge in [0.2, 0.25) is 5.91 Å². The Balaban J connectivity index is 2.07. The molecule has 1 saturated carbocycles. The van der Waals surface area contributed by atoms with Gasteiger partial charge in [0.1, 0.15) is 0 Å². The Kier molecular flexibility index (Phi) is 5.28. The second-order valence-corrected chi connectivity index (χ2v) is 5.66. The fraction of sp³-hybridized carbons (Fsp3) is 0.562. The molecule has 2 unspecified atom stereocenters. The summed E-state index contributed by atoms with van der Waals surface area (Å²) >= 11 is 0. The van der Waals surface area contributed by atoms with Crippen LogP contribution in [0.2, 0.25) is 0 Å². The topological polar surface area (TPSA) is 46.3 Å². The van der Waals surface area contributed by atoms with Crippen LogP contribution in [0.5, 0.6) is 0 Å². The summed E-state index contributed by atoms with van der Waals surface area (Å²) in [6.07, 6.45) is 3.78. The minimum absolute atomic E-state index is 0.0226. The molecule has 3 nitrogen and oxygen atoms in total. The number of nitrogens with zero attached hydrogens (tertiary/aromatic N) is 1. The summed E-state index contributed by atoms with van der Waals surface area (Å²) in [6.45, 7) is 2.70. The van der Waals surface area contributed by atoms with Crippen LogP contribution in [0, 0.1) is 17.6 Å². The van der Waals surface area contributed by atoms with E-state index in [4.69, 9.17) is 5.73 Å². The van der Waals surface area contributed by atoms with Crippen molar-refractivity contribution in [1.29, 1.82) is 0 Å². The number of hydrogen-bond acceptors (Lipinski definition) is 2. The van der Waals surface area contributed by atoms with Gasteiger partial charge in [-0.15, -0.1) is 0 Å². The number of halogens is 2. The fourth-order valence-corrected chi connectivity index (χ4v) is 2.90. The summed E-state index contributed by atoms with van der Waals surface area (Å²) in [5.74, 6) is -1.88. The van der Waals surface area contributed by atoms with Crippen LogP contribution >= 0.6 is 0 Å². The van der Waals surface area contributed by atoms with Gasteiger partial charge in [-0.2, -0.15) is 0 Å². The van der Waals surface area contributed by atoms with Crippen LogP contribution in [0.3, 0.4) is 0 Å². The van der Waals surface area contributed by atoms with E-state index in [1.165, 1.54) is 6.07 Å². The molecule has 0 radical (unpaired) electrons. The number of carbonyl (C=O) groups is 1. The Morgan fingerprint density at radius 1 is 1.29 bits per heavy atom. The summed E-state index contributed by atoms with van der Waals surface area (Å²) < 4.78 is 26.2. The maximum Gasteiger partial charge on any atom is 0.227 e. The van der Waals surface area contributed by atoms with Gasteiger partial charge >= 0.3 is 0 Å². The molecule has 2 N–H and O–H groups in total. The van der Waals surface area contributed by atoms with Crippen LogP contribution in [-0.4, -0.2) is 23.4 Å². The van der Waals surface area contributed by atoms with Gasteiger partial charge in [0.05, 0.1) is 5.92 Å². The summed E-state index contributed by atoms with van der Waals surface area (Å²) in [7, 11) is 0. The van der Waals surface area contributed by atoms with E-state index in [0.29, 0.717) is 12.1 Å². The third kappa shape index (κ3) is 3.79. The summed E-state index contributed by atoms with van der Waals surface area (Å²) in [5, 5.41) is 0. The van der Waals surface area contributed by atoms with E-state index >= 15 is 0 Å². The maximum absolute atomic E-state index is 13.3. The normalized spacial score (nSPS) is 22.1. The lowest BCUT2D eigenvalue weighted by Gasteiger charge is -2.32. The minimum Gasteiger partial charge on any atom is -0.338 e. The fourth-order valence-electron chi connectivity index (χ4n) is 2.90. The molecule has 2 rings (SSSR count). The Labute approximate surface area is 124 Å². The van der Waals surface area contributed by atoms with Crippen molar-refractivity contribution in [1.82, 2.24) is 4.90 Å². The molecule has 21 heavy (non-hydrogen) atoms. The van der Waals surface area contributed by atoms with E-state index in [9.17, 15) is 13.6 Å². The molecule has 5 heteroatoms. The Morgan fingerprint density at radius 3 is 2.62 bits per heavy atom. The number of carbonyl (C=O) groups excluding carboxylic acids is 1. The molecular weight excluding hydrogens is 274 g/mol. The maximum atomic E-state index is 13.3. The number of hydrogen-bond donors (Lipinski definition) is 1. The van der Waals surface area contributed by atoms with Gasteiger partial charge in [-0.1, -0.05) is 18.9 Å². The number of benzene rings is 1. The van der Waals surface area contributed by atoms with Gasteiger partial charge in [0.15, 0.2) is 11.6 Å². The highest BCUT2D eigenvalue weighted by atomic mass is 19.2. The predicted octanol–water partition coefficient (Wildman–Crippen LogP) is 2.83. The smallest absolute Gasteiger partial charge is 0.227 e. The Bertz CT molecular complexity index is 507. The highest BCUT2D eigenvalue weighted by Crippen LogP contribution is 2.25. The number of rotatable bonds is 4.